The molecule has 0 bridgehead atoms. The summed E-state index contributed by atoms with van der Waals surface area (Å²) in [4.78, 5) is 3.26. The Morgan fingerprint density at radius 2 is 1.70 bits per heavy atom. The second-order valence-corrected chi connectivity index (χ2v) is 10.7. The van der Waals surface area contributed by atoms with Crippen molar-refractivity contribution in [3.63, 3.8) is 0 Å². The Kier molecular flexibility index (Phi) is 7.99. The maximum Gasteiger partial charge on any atom is 0.197 e. The fourth-order valence-corrected chi connectivity index (χ4v) is 5.69. The van der Waals surface area contributed by atoms with Crippen molar-refractivity contribution in [2.24, 2.45) is 13.0 Å². The number of rotatable bonds is 9. The third kappa shape index (κ3) is 6.33. The van der Waals surface area contributed by atoms with Gasteiger partial charge in [0.05, 0.1) is 11.4 Å². The summed E-state index contributed by atoms with van der Waals surface area (Å²) in [7, 11) is 2.41. The van der Waals surface area contributed by atoms with E-state index >= 15 is 0 Å². The van der Waals surface area contributed by atoms with Crippen molar-refractivity contribution >= 4 is 16.7 Å². The molecular formula is C27H37N4OS+. The first-order valence-corrected chi connectivity index (χ1v) is 13.3. The molecule has 0 aliphatic carbocycles. The Hall–Kier alpha value is -2.44. The fourth-order valence-electron chi connectivity index (χ4n) is 4.64. The van der Waals surface area contributed by atoms with Crippen LogP contribution in [0.15, 0.2) is 59.5 Å². The molecule has 0 amide bonds. The largest absolute Gasteiger partial charge is 0.306 e. The third-order valence-corrected chi connectivity index (χ3v) is 8.11. The molecule has 6 heteroatoms. The summed E-state index contributed by atoms with van der Waals surface area (Å²) < 4.78 is 18.3. The molecule has 1 atom stereocenters. The van der Waals surface area contributed by atoms with E-state index in [1.54, 1.807) is 0 Å². The Morgan fingerprint density at radius 3 is 2.39 bits per heavy atom. The normalized spacial score (nSPS) is 16.1. The highest BCUT2D eigenvalue weighted by Crippen LogP contribution is 2.25. The van der Waals surface area contributed by atoms with Crippen LogP contribution in [0.5, 0.6) is 0 Å². The fraction of sp³-hybridized carbons (Fsp3) is 0.444. The Bertz CT molecular complexity index is 1050. The molecule has 33 heavy (non-hydrogen) atoms. The second kappa shape index (κ2) is 11.1. The highest BCUT2D eigenvalue weighted by Gasteiger charge is 2.20. The van der Waals surface area contributed by atoms with E-state index in [4.69, 9.17) is 0 Å². The van der Waals surface area contributed by atoms with Gasteiger partial charge >= 0.3 is 0 Å². The predicted molar refractivity (Wildman–Crippen MR) is 138 cm³/mol. The first kappa shape index (κ1) is 23.7. The number of aryl methyl sites for hydroxylation is 2. The lowest BCUT2D eigenvalue weighted by Gasteiger charge is -2.28. The number of likely N-dealkylation sites (tertiary alicyclic amines) is 1. The second-order valence-electron chi connectivity index (χ2n) is 9.40. The number of hydrogen-bond acceptors (Lipinski definition) is 3. The maximum absolute atomic E-state index is 13.1. The predicted octanol–water partition coefficient (Wildman–Crippen LogP) is 5.07. The van der Waals surface area contributed by atoms with Gasteiger partial charge in [0.15, 0.2) is 15.9 Å². The molecule has 1 aromatic heterocycles. The van der Waals surface area contributed by atoms with Crippen LogP contribution in [-0.4, -0.2) is 34.8 Å². The molecule has 2 heterocycles. The minimum absolute atomic E-state index is 0.713. The highest BCUT2D eigenvalue weighted by atomic mass is 32.2. The average Bonchev–Trinajstić information content (AvgIpc) is 3.08. The van der Waals surface area contributed by atoms with Gasteiger partial charge in [-0.25, -0.2) is 0 Å². The van der Waals surface area contributed by atoms with Crippen LogP contribution >= 0.6 is 0 Å². The van der Waals surface area contributed by atoms with Crippen LogP contribution in [0.1, 0.15) is 48.2 Å². The van der Waals surface area contributed by atoms with Crippen LogP contribution in [0.25, 0.3) is 0 Å². The number of hydrogen-bond donors (Lipinski definition) is 1. The van der Waals surface area contributed by atoms with Crippen molar-refractivity contribution in [1.82, 2.24) is 14.7 Å². The number of thiol groups is 1. The smallest absolute Gasteiger partial charge is 0.197 e. The van der Waals surface area contributed by atoms with Crippen molar-refractivity contribution in [3.05, 3.63) is 77.1 Å². The van der Waals surface area contributed by atoms with Gasteiger partial charge in [-0.15, -0.1) is 0 Å². The van der Waals surface area contributed by atoms with E-state index in [1.807, 2.05) is 49.0 Å². The van der Waals surface area contributed by atoms with Gasteiger partial charge in [0.1, 0.15) is 5.69 Å². The molecule has 2 aromatic carbocycles. The van der Waals surface area contributed by atoms with Crippen LogP contribution in [0.3, 0.4) is 0 Å². The Morgan fingerprint density at radius 1 is 1.00 bits per heavy atom. The van der Waals surface area contributed by atoms with Crippen LogP contribution in [-0.2, 0) is 35.1 Å². The molecule has 0 spiro atoms. The summed E-state index contributed by atoms with van der Waals surface area (Å²) in [5.74, 6) is 0.881. The summed E-state index contributed by atoms with van der Waals surface area (Å²) in [6, 6.07) is 18.6. The van der Waals surface area contributed by atoms with E-state index in [0.29, 0.717) is 6.42 Å². The summed E-state index contributed by atoms with van der Waals surface area (Å²) in [5.41, 5.74) is 5.32. The lowest BCUT2D eigenvalue weighted by atomic mass is 9.91. The van der Waals surface area contributed by atoms with Gasteiger partial charge in [-0.05, 0) is 81.9 Å². The number of nitrogens with zero attached hydrogens (tertiary/aromatic N) is 3. The zero-order valence-electron chi connectivity index (χ0n) is 20.1. The molecule has 5 nitrogen and oxygen atoms in total. The van der Waals surface area contributed by atoms with Crippen molar-refractivity contribution < 1.29 is 4.21 Å². The van der Waals surface area contributed by atoms with Gasteiger partial charge in [0, 0.05) is 13.5 Å². The van der Waals surface area contributed by atoms with Crippen molar-refractivity contribution in [3.8, 4) is 0 Å². The number of nitrogens with one attached hydrogen (secondary N) is 1. The number of benzene rings is 2. The molecular weight excluding hydrogens is 428 g/mol. The molecule has 1 unspecified atom stereocenters. The molecule has 1 fully saturated rings. The minimum Gasteiger partial charge on any atom is -0.306 e. The average molecular weight is 466 g/mol. The molecule has 1 N–H and O–H groups in total. The van der Waals surface area contributed by atoms with Crippen LogP contribution < -0.4 is 4.72 Å². The van der Waals surface area contributed by atoms with E-state index < -0.39 is 11.0 Å². The molecule has 1 aliphatic rings. The van der Waals surface area contributed by atoms with Crippen LogP contribution in [0.4, 0.5) is 5.69 Å². The Balaban J connectivity index is 1.34. The molecule has 0 saturated carbocycles. The van der Waals surface area contributed by atoms with Gasteiger partial charge in [-0.2, -0.15) is 9.82 Å². The van der Waals surface area contributed by atoms with E-state index in [0.717, 1.165) is 34.3 Å². The maximum atomic E-state index is 13.1. The highest BCUT2D eigenvalue weighted by molar-refractivity contribution is 7.86. The summed E-state index contributed by atoms with van der Waals surface area (Å²) in [6.45, 7) is 4.49. The van der Waals surface area contributed by atoms with Gasteiger partial charge < -0.3 is 4.90 Å². The lowest BCUT2D eigenvalue weighted by Crippen LogP contribution is -2.30. The van der Waals surface area contributed by atoms with Crippen LogP contribution in [0.2, 0.25) is 0 Å². The zero-order valence-corrected chi connectivity index (χ0v) is 21.0. The summed E-state index contributed by atoms with van der Waals surface area (Å²) in [5, 5.41) is 4.67. The molecule has 0 radical (unpaired) electrons. The van der Waals surface area contributed by atoms with Gasteiger partial charge in [-0.3, -0.25) is 4.68 Å². The number of anilines is 1. The van der Waals surface area contributed by atoms with E-state index in [-0.39, 0.29) is 0 Å². The first-order chi connectivity index (χ1) is 16.0. The van der Waals surface area contributed by atoms with Crippen molar-refractivity contribution in [2.45, 2.75) is 50.3 Å². The van der Waals surface area contributed by atoms with Gasteiger partial charge in [-0.1, -0.05) is 53.1 Å². The van der Waals surface area contributed by atoms with Crippen LogP contribution in [0, 0.1) is 12.8 Å². The standard InChI is InChI=1S/C27H36N4OS/c1-21-27(26(28-31(21)3)20-24-8-5-4-6-9-24)29-33(32)25-14-12-22(13-15-25)10-7-11-23-16-18-30(2)19-17-23/h4-6,8-9,12-15,23H,7,10-11,16-20H2,1-3H3,(H,29,32)/p+1. The summed E-state index contributed by atoms with van der Waals surface area (Å²) in [6.07, 6.45) is 7.03. The number of aromatic nitrogens is 2. The van der Waals surface area contributed by atoms with Gasteiger partial charge in [0.25, 0.3) is 0 Å². The SMILES string of the molecule is Cc1c(N[SH+](=O)c2ccc(CCCC3CCN(C)CC3)cc2)c(Cc2ccccc2)nn1C. The van der Waals surface area contributed by atoms with Gasteiger partial charge in [0.2, 0.25) is 0 Å². The zero-order chi connectivity index (χ0) is 23.2. The van der Waals surface area contributed by atoms with E-state index in [2.05, 4.69) is 46.0 Å². The molecule has 176 valence electrons. The quantitative estimate of drug-likeness (QED) is 0.355. The molecule has 3 aromatic rings. The molecule has 1 aliphatic heterocycles. The third-order valence-electron chi connectivity index (χ3n) is 6.92. The molecule has 1 saturated heterocycles. The van der Waals surface area contributed by atoms with Crippen molar-refractivity contribution in [2.75, 3.05) is 24.9 Å². The van der Waals surface area contributed by atoms with E-state index in [9.17, 15) is 4.21 Å². The molecule has 4 rings (SSSR count). The minimum atomic E-state index is -1.74. The lowest BCUT2D eigenvalue weighted by molar-refractivity contribution is 0.210. The number of piperidine rings is 1. The first-order valence-electron chi connectivity index (χ1n) is 12.1. The Labute approximate surface area is 200 Å². The topological polar surface area (TPSA) is 50.2 Å². The van der Waals surface area contributed by atoms with E-state index in [1.165, 1.54) is 49.9 Å². The van der Waals surface area contributed by atoms with Crippen molar-refractivity contribution in [1.29, 1.82) is 0 Å². The summed E-state index contributed by atoms with van der Waals surface area (Å²) >= 11 is 0. The monoisotopic (exact) mass is 465 g/mol.